The van der Waals surface area contributed by atoms with Crippen molar-refractivity contribution in [2.24, 2.45) is 11.8 Å². The van der Waals surface area contributed by atoms with Gasteiger partial charge in [0.05, 0.1) is 23.0 Å². The molecule has 3 fully saturated rings. The van der Waals surface area contributed by atoms with Crippen LogP contribution in [-0.2, 0) is 19.1 Å². The maximum absolute atomic E-state index is 12.5. The number of alkyl halides is 4. The van der Waals surface area contributed by atoms with Crippen LogP contribution in [0.4, 0.5) is 8.78 Å². The molecule has 3 aliphatic rings. The van der Waals surface area contributed by atoms with Crippen LogP contribution in [0.15, 0.2) is 0 Å². The van der Waals surface area contributed by atoms with Crippen LogP contribution in [0.3, 0.4) is 0 Å². The van der Waals surface area contributed by atoms with Crippen molar-refractivity contribution in [3.63, 3.8) is 0 Å². The van der Waals surface area contributed by atoms with E-state index in [2.05, 4.69) is 15.4 Å². The van der Waals surface area contributed by atoms with Crippen molar-refractivity contribution in [1.82, 2.24) is 10.6 Å². The molecule has 0 aromatic carbocycles. The molecule has 2 N–H and O–H groups in total. The first kappa shape index (κ1) is 26.9. The fraction of sp³-hybridized carbons (Fsp3) is 0.913. The number of nitrogens with one attached hydrogen (secondary N) is 2. The van der Waals surface area contributed by atoms with Crippen LogP contribution in [0.5, 0.6) is 0 Å². The van der Waals surface area contributed by atoms with E-state index < -0.39 is 6.61 Å². The third-order valence-corrected chi connectivity index (χ3v) is 8.35. The highest BCUT2D eigenvalue weighted by Crippen LogP contribution is 2.30. The van der Waals surface area contributed by atoms with E-state index in [1.165, 1.54) is 0 Å². The summed E-state index contributed by atoms with van der Waals surface area (Å²) >= 11 is 12.3. The van der Waals surface area contributed by atoms with Gasteiger partial charge in [-0.1, -0.05) is 0 Å². The molecule has 0 spiro atoms. The molecular formula is C23H36Cl2F2N2O4. The van der Waals surface area contributed by atoms with Gasteiger partial charge in [0.2, 0.25) is 11.8 Å². The summed E-state index contributed by atoms with van der Waals surface area (Å²) < 4.78 is 34.9. The molecule has 0 aliphatic heterocycles. The molecule has 3 aliphatic carbocycles. The molecule has 0 radical (unpaired) electrons. The van der Waals surface area contributed by atoms with Crippen molar-refractivity contribution < 1.29 is 27.8 Å². The molecule has 0 aromatic heterocycles. The SMILES string of the molecule is O=C(COC1CCC(Cl)C(Cl)C1)NC1CCC(C(=O)NCC2CCC(OC(F)F)CC2)CC1. The summed E-state index contributed by atoms with van der Waals surface area (Å²) in [5.41, 5.74) is 0. The normalized spacial score (nSPS) is 35.2. The lowest BCUT2D eigenvalue weighted by Gasteiger charge is -2.31. The lowest BCUT2D eigenvalue weighted by Crippen LogP contribution is -2.43. The smallest absolute Gasteiger partial charge is 0.345 e. The second kappa shape index (κ2) is 13.4. The van der Waals surface area contributed by atoms with Crippen LogP contribution >= 0.6 is 23.2 Å². The topological polar surface area (TPSA) is 76.7 Å². The fourth-order valence-electron chi connectivity index (χ4n) is 5.16. The molecule has 2 amide bonds. The highest BCUT2D eigenvalue weighted by Gasteiger charge is 2.30. The number of rotatable bonds is 9. The van der Waals surface area contributed by atoms with E-state index in [4.69, 9.17) is 27.9 Å². The Hall–Kier alpha value is -0.700. The molecule has 190 valence electrons. The van der Waals surface area contributed by atoms with Crippen molar-refractivity contribution in [2.75, 3.05) is 13.2 Å². The Morgan fingerprint density at radius 1 is 0.879 bits per heavy atom. The minimum Gasteiger partial charge on any atom is -0.368 e. The summed E-state index contributed by atoms with van der Waals surface area (Å²) in [5, 5.41) is 5.91. The van der Waals surface area contributed by atoms with Crippen LogP contribution in [0.1, 0.15) is 70.6 Å². The zero-order chi connectivity index (χ0) is 23.8. The standard InChI is InChI=1S/C23H36Cl2F2N2O4/c24-19-10-9-18(11-20(19)25)32-13-21(30)29-16-5-3-15(4-6-16)22(31)28-12-14-1-7-17(8-2-14)33-23(26)27/h14-20,23H,1-13H2,(H,28,31)(H,29,30). The lowest BCUT2D eigenvalue weighted by molar-refractivity contribution is -0.171. The molecule has 6 nitrogen and oxygen atoms in total. The number of amides is 2. The van der Waals surface area contributed by atoms with Crippen LogP contribution in [0, 0.1) is 11.8 Å². The maximum atomic E-state index is 12.5. The molecule has 3 rings (SSSR count). The Morgan fingerprint density at radius 3 is 2.18 bits per heavy atom. The highest BCUT2D eigenvalue weighted by atomic mass is 35.5. The van der Waals surface area contributed by atoms with Gasteiger partial charge in [0, 0.05) is 18.5 Å². The van der Waals surface area contributed by atoms with Gasteiger partial charge in [0.1, 0.15) is 6.61 Å². The molecule has 0 heterocycles. The monoisotopic (exact) mass is 512 g/mol. The molecule has 3 unspecified atom stereocenters. The van der Waals surface area contributed by atoms with Crippen molar-refractivity contribution in [2.45, 2.75) is 106 Å². The van der Waals surface area contributed by atoms with E-state index in [9.17, 15) is 18.4 Å². The Labute approximate surface area is 204 Å². The molecule has 3 atom stereocenters. The van der Waals surface area contributed by atoms with E-state index in [0.717, 1.165) is 51.4 Å². The summed E-state index contributed by atoms with van der Waals surface area (Å²) in [6.07, 6.45) is 7.67. The van der Waals surface area contributed by atoms with Gasteiger partial charge >= 0.3 is 6.61 Å². The van der Waals surface area contributed by atoms with Gasteiger partial charge in [-0.2, -0.15) is 8.78 Å². The first-order valence-electron chi connectivity index (χ1n) is 12.2. The van der Waals surface area contributed by atoms with Crippen LogP contribution < -0.4 is 10.6 Å². The molecule has 0 aromatic rings. The second-order valence-electron chi connectivity index (χ2n) is 9.68. The van der Waals surface area contributed by atoms with E-state index >= 15 is 0 Å². The number of ether oxygens (including phenoxy) is 2. The summed E-state index contributed by atoms with van der Waals surface area (Å²) in [7, 11) is 0. The predicted molar refractivity (Wildman–Crippen MR) is 123 cm³/mol. The Balaban J connectivity index is 1.26. The average Bonchev–Trinajstić information content (AvgIpc) is 2.79. The summed E-state index contributed by atoms with van der Waals surface area (Å²) in [4.78, 5) is 24.8. The number of carbonyl (C=O) groups is 2. The third-order valence-electron chi connectivity index (χ3n) is 7.21. The van der Waals surface area contributed by atoms with Crippen molar-refractivity contribution in [3.8, 4) is 0 Å². The zero-order valence-electron chi connectivity index (χ0n) is 19.0. The Kier molecular flexibility index (Phi) is 10.9. The minimum absolute atomic E-state index is 0.0201. The van der Waals surface area contributed by atoms with E-state index in [-0.39, 0.29) is 53.3 Å². The molecule has 0 bridgehead atoms. The van der Waals surface area contributed by atoms with Gasteiger partial charge in [0.15, 0.2) is 0 Å². The predicted octanol–water partition coefficient (Wildman–Crippen LogP) is 4.36. The number of carbonyl (C=O) groups excluding carboxylic acids is 2. The average molecular weight is 513 g/mol. The quantitative estimate of drug-likeness (QED) is 0.450. The van der Waals surface area contributed by atoms with Gasteiger partial charge in [-0.15, -0.1) is 23.2 Å². The number of hydrogen-bond acceptors (Lipinski definition) is 4. The molecular weight excluding hydrogens is 477 g/mol. The minimum atomic E-state index is -2.71. The number of hydrogen-bond donors (Lipinski definition) is 2. The summed E-state index contributed by atoms with van der Waals surface area (Å²) in [6, 6.07) is 0.0645. The first-order valence-corrected chi connectivity index (χ1v) is 13.1. The number of halogens is 4. The maximum Gasteiger partial charge on any atom is 0.345 e. The zero-order valence-corrected chi connectivity index (χ0v) is 20.5. The van der Waals surface area contributed by atoms with Crippen LogP contribution in [-0.4, -0.2) is 60.6 Å². The molecule has 10 heteroatoms. The van der Waals surface area contributed by atoms with Gasteiger partial charge in [-0.3, -0.25) is 9.59 Å². The van der Waals surface area contributed by atoms with E-state index in [1.54, 1.807) is 0 Å². The molecule has 0 saturated heterocycles. The summed E-state index contributed by atoms with van der Waals surface area (Å²) in [5.74, 6) is 0.197. The Bertz CT molecular complexity index is 630. The van der Waals surface area contributed by atoms with Gasteiger partial charge < -0.3 is 20.1 Å². The van der Waals surface area contributed by atoms with Crippen LogP contribution in [0.2, 0.25) is 0 Å². The third kappa shape index (κ3) is 9.11. The van der Waals surface area contributed by atoms with Crippen molar-refractivity contribution in [3.05, 3.63) is 0 Å². The van der Waals surface area contributed by atoms with E-state index in [0.29, 0.717) is 31.7 Å². The van der Waals surface area contributed by atoms with Crippen molar-refractivity contribution in [1.29, 1.82) is 0 Å². The lowest BCUT2D eigenvalue weighted by atomic mass is 9.84. The van der Waals surface area contributed by atoms with Crippen LogP contribution in [0.25, 0.3) is 0 Å². The van der Waals surface area contributed by atoms with Gasteiger partial charge in [-0.25, -0.2) is 0 Å². The van der Waals surface area contributed by atoms with Gasteiger partial charge in [0.25, 0.3) is 0 Å². The molecule has 3 saturated carbocycles. The van der Waals surface area contributed by atoms with E-state index in [1.807, 2.05) is 0 Å². The highest BCUT2D eigenvalue weighted by molar-refractivity contribution is 6.30. The van der Waals surface area contributed by atoms with Crippen molar-refractivity contribution >= 4 is 35.0 Å². The fourth-order valence-corrected chi connectivity index (χ4v) is 5.72. The summed E-state index contributed by atoms with van der Waals surface area (Å²) in [6.45, 7) is -2.11. The Morgan fingerprint density at radius 2 is 1.55 bits per heavy atom. The second-order valence-corrected chi connectivity index (χ2v) is 10.8. The largest absolute Gasteiger partial charge is 0.368 e. The van der Waals surface area contributed by atoms with Gasteiger partial charge in [-0.05, 0) is 76.5 Å². The first-order chi connectivity index (χ1) is 15.8. The molecule has 33 heavy (non-hydrogen) atoms.